The summed E-state index contributed by atoms with van der Waals surface area (Å²) in [5, 5.41) is 0. The zero-order valence-corrected chi connectivity index (χ0v) is 13.3. The lowest BCUT2D eigenvalue weighted by atomic mass is 9.91. The van der Waals surface area contributed by atoms with Gasteiger partial charge in [0, 0.05) is 4.47 Å². The number of allylic oxidation sites excluding steroid dienone is 1. The van der Waals surface area contributed by atoms with Gasteiger partial charge in [-0.05, 0) is 43.4 Å². The molecule has 1 unspecified atom stereocenters. The average Bonchev–Trinajstić information content (AvgIpc) is 2.36. The van der Waals surface area contributed by atoms with Crippen LogP contribution < -0.4 is 5.73 Å². The summed E-state index contributed by atoms with van der Waals surface area (Å²) in [5.41, 5.74) is 7.12. The van der Waals surface area contributed by atoms with E-state index < -0.39 is 17.8 Å². The van der Waals surface area contributed by atoms with E-state index in [1.165, 1.54) is 12.5 Å². The summed E-state index contributed by atoms with van der Waals surface area (Å²) in [4.78, 5) is 0. The van der Waals surface area contributed by atoms with E-state index in [-0.39, 0.29) is 4.47 Å². The van der Waals surface area contributed by atoms with Gasteiger partial charge in [0.25, 0.3) is 0 Å². The van der Waals surface area contributed by atoms with Crippen LogP contribution in [0.3, 0.4) is 0 Å². The van der Waals surface area contributed by atoms with E-state index in [1.807, 2.05) is 0 Å². The zero-order chi connectivity index (χ0) is 15.5. The van der Waals surface area contributed by atoms with Crippen molar-refractivity contribution in [3.63, 3.8) is 0 Å². The average molecular weight is 362 g/mol. The summed E-state index contributed by atoms with van der Waals surface area (Å²) < 4.78 is 39.0. The molecule has 0 saturated carbocycles. The molecule has 1 aliphatic carbocycles. The Hall–Kier alpha value is -0.810. The summed E-state index contributed by atoms with van der Waals surface area (Å²) >= 11 is 2.96. The summed E-state index contributed by atoms with van der Waals surface area (Å²) in [7, 11) is 0. The van der Waals surface area contributed by atoms with E-state index >= 15 is 0 Å². The quantitative estimate of drug-likeness (QED) is 0.667. The first-order chi connectivity index (χ1) is 9.89. The highest BCUT2D eigenvalue weighted by molar-refractivity contribution is 9.10. The number of nitrogens with two attached hydrogens (primary N) is 1. The van der Waals surface area contributed by atoms with Crippen LogP contribution in [0.25, 0.3) is 0 Å². The number of hydrogen-bond donors (Lipinski definition) is 1. The first kappa shape index (κ1) is 16.6. The molecule has 0 amide bonds. The van der Waals surface area contributed by atoms with Crippen LogP contribution in [-0.2, 0) is 6.18 Å². The van der Waals surface area contributed by atoms with Gasteiger partial charge in [0.2, 0.25) is 0 Å². The van der Waals surface area contributed by atoms with Gasteiger partial charge in [-0.2, -0.15) is 13.2 Å². The van der Waals surface area contributed by atoms with Crippen LogP contribution in [0.4, 0.5) is 13.2 Å². The Morgan fingerprint density at radius 3 is 2.52 bits per heavy atom. The summed E-state index contributed by atoms with van der Waals surface area (Å²) in [5.74, 6) is 0. The van der Waals surface area contributed by atoms with Crippen molar-refractivity contribution in [2.24, 2.45) is 5.73 Å². The van der Waals surface area contributed by atoms with Crippen LogP contribution in [-0.4, -0.2) is 0 Å². The largest absolute Gasteiger partial charge is 0.417 e. The molecule has 1 aliphatic rings. The monoisotopic (exact) mass is 361 g/mol. The molecule has 5 heteroatoms. The van der Waals surface area contributed by atoms with Gasteiger partial charge in [0.15, 0.2) is 0 Å². The number of benzene rings is 1. The highest BCUT2D eigenvalue weighted by Gasteiger charge is 2.33. The Morgan fingerprint density at radius 1 is 1.10 bits per heavy atom. The van der Waals surface area contributed by atoms with E-state index in [1.54, 1.807) is 6.07 Å². The molecule has 1 atom stereocenters. The minimum atomic E-state index is -4.37. The van der Waals surface area contributed by atoms with Crippen molar-refractivity contribution < 1.29 is 13.2 Å². The smallest absolute Gasteiger partial charge is 0.321 e. The maximum Gasteiger partial charge on any atom is 0.417 e. The van der Waals surface area contributed by atoms with Gasteiger partial charge < -0.3 is 5.73 Å². The second kappa shape index (κ2) is 6.97. The molecule has 0 aliphatic heterocycles. The molecule has 0 spiro atoms. The van der Waals surface area contributed by atoms with Crippen LogP contribution >= 0.6 is 15.9 Å². The van der Waals surface area contributed by atoms with Crippen molar-refractivity contribution in [1.29, 1.82) is 0 Å². The first-order valence-electron chi connectivity index (χ1n) is 7.21. The molecule has 2 rings (SSSR count). The second-order valence-electron chi connectivity index (χ2n) is 5.45. The number of alkyl halides is 3. The van der Waals surface area contributed by atoms with Gasteiger partial charge in [-0.1, -0.05) is 46.5 Å². The highest BCUT2D eigenvalue weighted by Crippen LogP contribution is 2.37. The third kappa shape index (κ3) is 4.33. The van der Waals surface area contributed by atoms with Crippen LogP contribution in [0.5, 0.6) is 0 Å². The molecule has 116 valence electrons. The number of hydrogen-bond acceptors (Lipinski definition) is 1. The van der Waals surface area contributed by atoms with Crippen LogP contribution in [0.15, 0.2) is 34.3 Å². The van der Waals surface area contributed by atoms with Crippen molar-refractivity contribution in [2.75, 3.05) is 0 Å². The van der Waals surface area contributed by atoms with Gasteiger partial charge in [-0.15, -0.1) is 0 Å². The summed E-state index contributed by atoms with van der Waals surface area (Å²) in [6.45, 7) is 0. The summed E-state index contributed by atoms with van der Waals surface area (Å²) in [6.07, 6.45) is 4.15. The lowest BCUT2D eigenvalue weighted by molar-refractivity contribution is -0.138. The molecule has 0 radical (unpaired) electrons. The van der Waals surface area contributed by atoms with Crippen LogP contribution in [0, 0.1) is 0 Å². The number of rotatable bonds is 2. The van der Waals surface area contributed by atoms with Crippen molar-refractivity contribution in [2.45, 2.75) is 50.7 Å². The van der Waals surface area contributed by atoms with Crippen molar-refractivity contribution in [1.82, 2.24) is 0 Å². The van der Waals surface area contributed by atoms with E-state index in [2.05, 4.69) is 22.0 Å². The van der Waals surface area contributed by atoms with Gasteiger partial charge in [0.05, 0.1) is 11.6 Å². The normalized spacial score (nSPS) is 21.1. The van der Waals surface area contributed by atoms with Crippen molar-refractivity contribution in [3.05, 3.63) is 45.4 Å². The lowest BCUT2D eigenvalue weighted by Gasteiger charge is -2.20. The molecule has 0 fully saturated rings. The van der Waals surface area contributed by atoms with Gasteiger partial charge >= 0.3 is 6.18 Å². The SMILES string of the molecule is NC(/C1=C/CCCCCC1)c1ccc(Br)c(C(F)(F)F)c1. The van der Waals surface area contributed by atoms with Crippen LogP contribution in [0.2, 0.25) is 0 Å². The first-order valence-corrected chi connectivity index (χ1v) is 8.00. The fourth-order valence-electron chi connectivity index (χ4n) is 2.67. The minimum absolute atomic E-state index is 0.0533. The fraction of sp³-hybridized carbons (Fsp3) is 0.500. The molecule has 21 heavy (non-hydrogen) atoms. The van der Waals surface area contributed by atoms with Crippen LogP contribution in [0.1, 0.15) is 55.7 Å². The molecular formula is C16H19BrF3N. The molecule has 2 N–H and O–H groups in total. The lowest BCUT2D eigenvalue weighted by Crippen LogP contribution is -2.16. The molecule has 0 bridgehead atoms. The molecule has 1 aromatic rings. The summed E-state index contributed by atoms with van der Waals surface area (Å²) in [6, 6.07) is 3.82. The van der Waals surface area contributed by atoms with Gasteiger partial charge in [-0.3, -0.25) is 0 Å². The van der Waals surface area contributed by atoms with E-state index in [4.69, 9.17) is 5.73 Å². The topological polar surface area (TPSA) is 26.0 Å². The molecule has 1 nitrogen and oxygen atoms in total. The molecule has 1 aromatic carbocycles. The maximum atomic E-state index is 13.0. The Labute approximate surface area is 131 Å². The Bertz CT molecular complexity index is 523. The van der Waals surface area contributed by atoms with Gasteiger partial charge in [-0.25, -0.2) is 0 Å². The highest BCUT2D eigenvalue weighted by atomic mass is 79.9. The van der Waals surface area contributed by atoms with Crippen molar-refractivity contribution in [3.8, 4) is 0 Å². The molecular weight excluding hydrogens is 343 g/mol. The standard InChI is InChI=1S/C16H19BrF3N/c17-14-9-8-12(10-13(14)16(18,19)20)15(21)11-6-4-2-1-3-5-7-11/h6,8-10,15H,1-5,7,21H2/b11-6+. The minimum Gasteiger partial charge on any atom is -0.321 e. The van der Waals surface area contributed by atoms with E-state index in [9.17, 15) is 13.2 Å². The van der Waals surface area contributed by atoms with Gasteiger partial charge in [0.1, 0.15) is 0 Å². The second-order valence-corrected chi connectivity index (χ2v) is 6.30. The third-order valence-electron chi connectivity index (χ3n) is 3.88. The molecule has 0 aromatic heterocycles. The Kier molecular flexibility index (Phi) is 5.49. The van der Waals surface area contributed by atoms with E-state index in [0.29, 0.717) is 5.56 Å². The Balaban J connectivity index is 2.28. The predicted molar refractivity (Wildman–Crippen MR) is 81.9 cm³/mol. The predicted octanol–water partition coefficient (Wildman–Crippen LogP) is 5.75. The fourth-order valence-corrected chi connectivity index (χ4v) is 3.14. The number of halogens is 4. The molecule has 0 saturated heterocycles. The molecule has 0 heterocycles. The Morgan fingerprint density at radius 2 is 1.81 bits per heavy atom. The van der Waals surface area contributed by atoms with E-state index in [0.717, 1.165) is 43.7 Å². The maximum absolute atomic E-state index is 13.0. The zero-order valence-electron chi connectivity index (χ0n) is 11.7. The van der Waals surface area contributed by atoms with Crippen molar-refractivity contribution >= 4 is 15.9 Å². The third-order valence-corrected chi connectivity index (χ3v) is 4.57.